The van der Waals surface area contributed by atoms with Crippen molar-refractivity contribution >= 4 is 5.97 Å². The maximum atomic E-state index is 13.1. The Balaban J connectivity index is 1.93. The third kappa shape index (κ3) is 3.89. The normalized spacial score (nSPS) is 31.7. The summed E-state index contributed by atoms with van der Waals surface area (Å²) >= 11 is 0. The molecule has 0 unspecified atom stereocenters. The van der Waals surface area contributed by atoms with Crippen LogP contribution in [0.5, 0.6) is 11.5 Å². The van der Waals surface area contributed by atoms with Crippen molar-refractivity contribution in [2.24, 2.45) is 17.3 Å². The Labute approximate surface area is 174 Å². The molecule has 1 fully saturated rings. The minimum absolute atomic E-state index is 0.0840. The van der Waals surface area contributed by atoms with E-state index in [0.717, 1.165) is 19.3 Å². The smallest absolute Gasteiger partial charge is 0.338 e. The predicted octanol–water partition coefficient (Wildman–Crippen LogP) is 4.77. The Morgan fingerprint density at radius 2 is 1.86 bits per heavy atom. The van der Waals surface area contributed by atoms with Crippen molar-refractivity contribution in [2.45, 2.75) is 65.1 Å². The number of aliphatic hydroxyl groups is 1. The summed E-state index contributed by atoms with van der Waals surface area (Å²) in [5.74, 6) is 0.645. The van der Waals surface area contributed by atoms with Crippen molar-refractivity contribution in [1.82, 2.24) is 0 Å². The molecule has 0 radical (unpaired) electrons. The van der Waals surface area contributed by atoms with Crippen LogP contribution >= 0.6 is 0 Å². The highest BCUT2D eigenvalue weighted by Gasteiger charge is 2.59. The van der Waals surface area contributed by atoms with Crippen LogP contribution < -0.4 is 9.47 Å². The first-order chi connectivity index (χ1) is 13.6. The van der Waals surface area contributed by atoms with E-state index >= 15 is 0 Å². The first-order valence-corrected chi connectivity index (χ1v) is 10.5. The van der Waals surface area contributed by atoms with Crippen molar-refractivity contribution < 1.29 is 24.1 Å². The molecule has 1 aromatic carbocycles. The highest BCUT2D eigenvalue weighted by atomic mass is 16.5. The fourth-order valence-electron chi connectivity index (χ4n) is 5.25. The summed E-state index contributed by atoms with van der Waals surface area (Å²) in [6, 6.07) is 5.03. The SMILES string of the molecule is COc1ccc(C(=O)O[C@H]2CC(C)=CC[C@@]3(C)CC[C@@](O)(C(C)C)[C@H]23)cc1OC. The number of methoxy groups -OCH3 is 2. The highest BCUT2D eigenvalue weighted by molar-refractivity contribution is 5.90. The fraction of sp³-hybridized carbons (Fsp3) is 0.625. The van der Waals surface area contributed by atoms with Gasteiger partial charge in [-0.1, -0.05) is 32.4 Å². The minimum atomic E-state index is -0.838. The van der Waals surface area contributed by atoms with Gasteiger partial charge in [-0.15, -0.1) is 0 Å². The zero-order valence-corrected chi connectivity index (χ0v) is 18.5. The molecule has 5 heteroatoms. The van der Waals surface area contributed by atoms with E-state index in [0.29, 0.717) is 23.5 Å². The number of carbonyl (C=O) groups is 1. The van der Waals surface area contributed by atoms with Crippen LogP contribution in [0.4, 0.5) is 0 Å². The maximum absolute atomic E-state index is 13.1. The Bertz CT molecular complexity index is 798. The van der Waals surface area contributed by atoms with Gasteiger partial charge in [-0.25, -0.2) is 4.79 Å². The second kappa shape index (κ2) is 8.02. The van der Waals surface area contributed by atoms with Crippen LogP contribution in [0.15, 0.2) is 29.8 Å². The van der Waals surface area contributed by atoms with Crippen LogP contribution in [-0.2, 0) is 4.74 Å². The first-order valence-electron chi connectivity index (χ1n) is 10.5. The number of esters is 1. The van der Waals surface area contributed by atoms with Crippen LogP contribution in [0.2, 0.25) is 0 Å². The molecular formula is C24H34O5. The van der Waals surface area contributed by atoms with Gasteiger partial charge in [0.1, 0.15) is 6.10 Å². The average Bonchev–Trinajstić information content (AvgIpc) is 2.90. The number of allylic oxidation sites excluding steroid dienone is 1. The van der Waals surface area contributed by atoms with Gasteiger partial charge in [-0.05, 0) is 55.7 Å². The lowest BCUT2D eigenvalue weighted by Gasteiger charge is -2.43. The summed E-state index contributed by atoms with van der Waals surface area (Å²) in [6.07, 6.45) is 5.11. The van der Waals surface area contributed by atoms with Crippen molar-refractivity contribution in [3.63, 3.8) is 0 Å². The zero-order chi connectivity index (χ0) is 21.4. The van der Waals surface area contributed by atoms with E-state index < -0.39 is 11.6 Å². The maximum Gasteiger partial charge on any atom is 0.338 e. The summed E-state index contributed by atoms with van der Waals surface area (Å²) < 4.78 is 16.7. The van der Waals surface area contributed by atoms with E-state index in [1.807, 2.05) is 0 Å². The van der Waals surface area contributed by atoms with E-state index in [-0.39, 0.29) is 23.4 Å². The van der Waals surface area contributed by atoms with E-state index in [4.69, 9.17) is 14.2 Å². The van der Waals surface area contributed by atoms with Crippen molar-refractivity contribution in [3.05, 3.63) is 35.4 Å². The number of ether oxygens (including phenoxy) is 3. The van der Waals surface area contributed by atoms with Crippen molar-refractivity contribution in [1.29, 1.82) is 0 Å². The molecule has 160 valence electrons. The molecule has 0 heterocycles. The predicted molar refractivity (Wildman–Crippen MR) is 112 cm³/mol. The molecule has 29 heavy (non-hydrogen) atoms. The molecule has 0 aliphatic heterocycles. The topological polar surface area (TPSA) is 65.0 Å². The summed E-state index contributed by atoms with van der Waals surface area (Å²) in [7, 11) is 3.10. The molecule has 3 rings (SSSR count). The molecule has 0 spiro atoms. The first kappa shape index (κ1) is 21.7. The quantitative estimate of drug-likeness (QED) is 0.568. The Morgan fingerprint density at radius 3 is 2.48 bits per heavy atom. The molecule has 0 aromatic heterocycles. The molecule has 0 bridgehead atoms. The second-order valence-corrected chi connectivity index (χ2v) is 9.25. The number of hydrogen-bond acceptors (Lipinski definition) is 5. The lowest BCUT2D eigenvalue weighted by atomic mass is 9.67. The number of rotatable bonds is 5. The standard InChI is InChI=1S/C24H34O5/c1-15(2)24(26)12-11-23(4)10-9-16(3)13-20(21(23)24)29-22(25)17-7-8-18(27-5)19(14-17)28-6/h7-9,14-15,20-21,26H,10-13H2,1-6H3/t20-,21+,23-,24+/m0/s1. The van der Waals surface area contributed by atoms with Gasteiger partial charge in [0.25, 0.3) is 0 Å². The van der Waals surface area contributed by atoms with Gasteiger partial charge in [-0.3, -0.25) is 0 Å². The molecule has 1 saturated carbocycles. The van der Waals surface area contributed by atoms with Gasteiger partial charge in [0.15, 0.2) is 11.5 Å². The number of benzene rings is 1. The number of carbonyl (C=O) groups excluding carboxylic acids is 1. The molecule has 1 aromatic rings. The molecule has 4 atom stereocenters. The minimum Gasteiger partial charge on any atom is -0.493 e. The van der Waals surface area contributed by atoms with Crippen molar-refractivity contribution in [2.75, 3.05) is 14.2 Å². The second-order valence-electron chi connectivity index (χ2n) is 9.25. The van der Waals surface area contributed by atoms with Gasteiger partial charge in [0.2, 0.25) is 0 Å². The van der Waals surface area contributed by atoms with Crippen LogP contribution in [-0.4, -0.2) is 37.0 Å². The highest BCUT2D eigenvalue weighted by Crippen LogP contribution is 2.58. The Kier molecular flexibility index (Phi) is 6.00. The van der Waals surface area contributed by atoms with E-state index in [1.165, 1.54) is 5.57 Å². The fourth-order valence-corrected chi connectivity index (χ4v) is 5.25. The van der Waals surface area contributed by atoms with Crippen LogP contribution in [0.1, 0.15) is 63.7 Å². The number of fused-ring (bicyclic) bond motifs is 1. The number of hydrogen-bond donors (Lipinski definition) is 1. The molecule has 2 aliphatic rings. The van der Waals surface area contributed by atoms with Gasteiger partial charge in [0.05, 0.1) is 25.4 Å². The zero-order valence-electron chi connectivity index (χ0n) is 18.5. The van der Waals surface area contributed by atoms with E-state index in [9.17, 15) is 9.90 Å². The molecule has 1 N–H and O–H groups in total. The van der Waals surface area contributed by atoms with Crippen LogP contribution in [0.25, 0.3) is 0 Å². The van der Waals surface area contributed by atoms with Gasteiger partial charge in [0, 0.05) is 12.3 Å². The monoisotopic (exact) mass is 402 g/mol. The Morgan fingerprint density at radius 1 is 1.17 bits per heavy atom. The van der Waals surface area contributed by atoms with E-state index in [1.54, 1.807) is 32.4 Å². The summed E-state index contributed by atoms with van der Waals surface area (Å²) in [5.41, 5.74) is 0.702. The summed E-state index contributed by atoms with van der Waals surface area (Å²) in [6.45, 7) is 8.43. The largest absolute Gasteiger partial charge is 0.493 e. The third-order valence-corrected chi connectivity index (χ3v) is 7.08. The molecule has 0 saturated heterocycles. The van der Waals surface area contributed by atoms with Gasteiger partial charge in [-0.2, -0.15) is 0 Å². The molecule has 0 amide bonds. The van der Waals surface area contributed by atoms with Crippen LogP contribution in [0, 0.1) is 17.3 Å². The average molecular weight is 403 g/mol. The molecule has 2 aliphatic carbocycles. The summed E-state index contributed by atoms with van der Waals surface area (Å²) in [5, 5.41) is 11.6. The third-order valence-electron chi connectivity index (χ3n) is 7.08. The summed E-state index contributed by atoms with van der Waals surface area (Å²) in [4.78, 5) is 13.1. The molecule has 5 nitrogen and oxygen atoms in total. The van der Waals surface area contributed by atoms with E-state index in [2.05, 4.69) is 33.8 Å². The lowest BCUT2D eigenvalue weighted by Crippen LogP contribution is -2.50. The van der Waals surface area contributed by atoms with Crippen molar-refractivity contribution in [3.8, 4) is 11.5 Å². The van der Waals surface area contributed by atoms with Gasteiger partial charge < -0.3 is 19.3 Å². The lowest BCUT2D eigenvalue weighted by molar-refractivity contribution is -0.112. The van der Waals surface area contributed by atoms with Gasteiger partial charge >= 0.3 is 5.97 Å². The molecular weight excluding hydrogens is 368 g/mol. The Hall–Kier alpha value is -2.01. The van der Waals surface area contributed by atoms with Crippen LogP contribution in [0.3, 0.4) is 0 Å².